The topological polar surface area (TPSA) is 49.3 Å². The summed E-state index contributed by atoms with van der Waals surface area (Å²) in [4.78, 5) is 11.8. The number of amides is 1. The largest absolute Gasteiger partial charge is 0.390 e. The van der Waals surface area contributed by atoms with Crippen LogP contribution in [-0.2, 0) is 4.79 Å². The van der Waals surface area contributed by atoms with E-state index in [0.29, 0.717) is 18.3 Å². The minimum Gasteiger partial charge on any atom is -0.390 e. The number of hydrogen-bond acceptors (Lipinski definition) is 2. The number of aliphatic hydroxyl groups is 1. The van der Waals surface area contributed by atoms with Crippen LogP contribution in [0.3, 0.4) is 0 Å². The van der Waals surface area contributed by atoms with Crippen molar-refractivity contribution in [1.82, 2.24) is 5.32 Å². The zero-order valence-corrected chi connectivity index (χ0v) is 12.9. The lowest BCUT2D eigenvalue weighted by atomic mass is 9.46. The number of carbonyl (C=O) groups is 1. The molecule has 0 aromatic carbocycles. The number of alkyl halides is 3. The zero-order chi connectivity index (χ0) is 16.2. The van der Waals surface area contributed by atoms with Crippen molar-refractivity contribution in [1.29, 1.82) is 0 Å². The van der Waals surface area contributed by atoms with E-state index in [-0.39, 0.29) is 11.5 Å². The summed E-state index contributed by atoms with van der Waals surface area (Å²) in [7, 11) is 0. The molecule has 0 radical (unpaired) electrons. The van der Waals surface area contributed by atoms with Gasteiger partial charge in [-0.25, -0.2) is 0 Å². The summed E-state index contributed by atoms with van der Waals surface area (Å²) in [5.74, 6) is 0.467. The van der Waals surface area contributed by atoms with Crippen molar-refractivity contribution in [2.24, 2.45) is 17.3 Å². The summed E-state index contributed by atoms with van der Waals surface area (Å²) in [6.07, 6.45) is -0.406. The van der Waals surface area contributed by atoms with Crippen LogP contribution in [0.4, 0.5) is 13.2 Å². The standard InChI is InChI=1S/C16H24F3NO2/c1-10(20-13(21)2-3-16(17,18)19)14-5-11-4-12(6-14)8-15(22,7-11)9-14/h10-12,22H,2-9H2,1H3,(H,20,21)/t10-,11+,12+,14?,15?/m0/s1. The average Bonchev–Trinajstić information content (AvgIpc) is 2.32. The van der Waals surface area contributed by atoms with Crippen molar-refractivity contribution < 1.29 is 23.1 Å². The Bertz CT molecular complexity index is 449. The molecule has 4 bridgehead atoms. The van der Waals surface area contributed by atoms with Gasteiger partial charge in [0.25, 0.3) is 0 Å². The van der Waals surface area contributed by atoms with Crippen LogP contribution in [0.15, 0.2) is 0 Å². The maximum atomic E-state index is 12.2. The van der Waals surface area contributed by atoms with Crippen LogP contribution >= 0.6 is 0 Å². The molecule has 126 valence electrons. The monoisotopic (exact) mass is 319 g/mol. The van der Waals surface area contributed by atoms with Crippen LogP contribution in [0.1, 0.15) is 58.3 Å². The van der Waals surface area contributed by atoms with Gasteiger partial charge in [-0.1, -0.05) is 0 Å². The lowest BCUT2D eigenvalue weighted by Crippen LogP contribution is -2.61. The molecule has 0 saturated heterocycles. The smallest absolute Gasteiger partial charge is 0.389 e. The van der Waals surface area contributed by atoms with E-state index in [4.69, 9.17) is 0 Å². The highest BCUT2D eigenvalue weighted by Gasteiger charge is 2.58. The quantitative estimate of drug-likeness (QED) is 0.836. The average molecular weight is 319 g/mol. The molecule has 22 heavy (non-hydrogen) atoms. The number of hydrogen-bond donors (Lipinski definition) is 2. The molecule has 3 nitrogen and oxygen atoms in total. The first-order valence-corrected chi connectivity index (χ1v) is 8.18. The van der Waals surface area contributed by atoms with E-state index >= 15 is 0 Å². The van der Waals surface area contributed by atoms with E-state index in [2.05, 4.69) is 5.32 Å². The molecule has 0 spiro atoms. The molecule has 0 heterocycles. The number of halogens is 3. The molecule has 6 heteroatoms. The van der Waals surface area contributed by atoms with E-state index in [1.54, 1.807) is 0 Å². The number of carbonyl (C=O) groups excluding carboxylic acids is 1. The first kappa shape index (κ1) is 16.1. The Morgan fingerprint density at radius 3 is 2.36 bits per heavy atom. The van der Waals surface area contributed by atoms with Crippen LogP contribution in [0.25, 0.3) is 0 Å². The van der Waals surface area contributed by atoms with Crippen molar-refractivity contribution in [3.8, 4) is 0 Å². The van der Waals surface area contributed by atoms with Gasteiger partial charge >= 0.3 is 6.18 Å². The fourth-order valence-electron chi connectivity index (χ4n) is 5.51. The van der Waals surface area contributed by atoms with Gasteiger partial charge in [0.2, 0.25) is 5.91 Å². The molecular formula is C16H24F3NO2. The molecule has 0 unspecified atom stereocenters. The van der Waals surface area contributed by atoms with E-state index in [9.17, 15) is 23.1 Å². The predicted octanol–water partition coefficient (Wildman–Crippen LogP) is 3.16. The van der Waals surface area contributed by atoms with Crippen molar-refractivity contribution in [2.45, 2.75) is 76.1 Å². The van der Waals surface area contributed by atoms with Crippen LogP contribution in [0.5, 0.6) is 0 Å². The summed E-state index contributed by atoms with van der Waals surface area (Å²) in [6.45, 7) is 1.89. The van der Waals surface area contributed by atoms with Gasteiger partial charge in [0.1, 0.15) is 0 Å². The molecular weight excluding hydrogens is 295 g/mol. The zero-order valence-electron chi connectivity index (χ0n) is 12.9. The summed E-state index contributed by atoms with van der Waals surface area (Å²) in [6, 6.07) is -0.175. The van der Waals surface area contributed by atoms with E-state index in [1.807, 2.05) is 6.92 Å². The summed E-state index contributed by atoms with van der Waals surface area (Å²) < 4.78 is 36.6. The lowest BCUT2D eigenvalue weighted by molar-refractivity contribution is -0.173. The first-order valence-electron chi connectivity index (χ1n) is 8.18. The highest BCUT2D eigenvalue weighted by Crippen LogP contribution is 2.62. The maximum Gasteiger partial charge on any atom is 0.389 e. The van der Waals surface area contributed by atoms with E-state index < -0.39 is 30.5 Å². The highest BCUT2D eigenvalue weighted by atomic mass is 19.4. The normalized spacial score (nSPS) is 41.5. The van der Waals surface area contributed by atoms with Gasteiger partial charge in [-0.3, -0.25) is 4.79 Å². The van der Waals surface area contributed by atoms with E-state index in [0.717, 1.165) is 32.1 Å². The second-order valence-corrected chi connectivity index (χ2v) is 7.95. The molecule has 3 atom stereocenters. The summed E-state index contributed by atoms with van der Waals surface area (Å²) >= 11 is 0. The molecule has 4 fully saturated rings. The van der Waals surface area contributed by atoms with Crippen molar-refractivity contribution in [3.05, 3.63) is 0 Å². The minimum absolute atomic E-state index is 0.132. The third kappa shape index (κ3) is 3.12. The lowest BCUT2D eigenvalue weighted by Gasteiger charge is -2.62. The molecule has 2 N–H and O–H groups in total. The molecule has 0 aromatic rings. The molecule has 1 amide bonds. The van der Waals surface area contributed by atoms with Gasteiger partial charge in [0, 0.05) is 12.5 Å². The Labute approximate surface area is 128 Å². The number of rotatable bonds is 4. The van der Waals surface area contributed by atoms with Crippen LogP contribution in [0.2, 0.25) is 0 Å². The Kier molecular flexibility index (Phi) is 3.74. The van der Waals surface area contributed by atoms with Crippen molar-refractivity contribution in [3.63, 3.8) is 0 Å². The Hall–Kier alpha value is -0.780. The van der Waals surface area contributed by atoms with Gasteiger partial charge in [0.15, 0.2) is 0 Å². The molecule has 0 aliphatic heterocycles. The highest BCUT2D eigenvalue weighted by molar-refractivity contribution is 5.76. The van der Waals surface area contributed by atoms with Crippen molar-refractivity contribution in [2.75, 3.05) is 0 Å². The molecule has 4 aliphatic carbocycles. The Balaban J connectivity index is 1.62. The third-order valence-electron chi connectivity index (χ3n) is 6.01. The second kappa shape index (κ2) is 5.11. The summed E-state index contributed by atoms with van der Waals surface area (Å²) in [5.41, 5.74) is -0.748. The maximum absolute atomic E-state index is 12.2. The van der Waals surface area contributed by atoms with Gasteiger partial charge in [-0.2, -0.15) is 13.2 Å². The van der Waals surface area contributed by atoms with Crippen molar-refractivity contribution >= 4 is 5.91 Å². The predicted molar refractivity (Wildman–Crippen MR) is 75.0 cm³/mol. The molecule has 4 rings (SSSR count). The van der Waals surface area contributed by atoms with Crippen LogP contribution in [0, 0.1) is 17.3 Å². The fourth-order valence-corrected chi connectivity index (χ4v) is 5.51. The SMILES string of the molecule is C[C@H](NC(=O)CCC(F)(F)F)C12C[C@H]3C[C@@H](CC(O)(C3)C1)C2. The van der Waals surface area contributed by atoms with Crippen LogP contribution in [-0.4, -0.2) is 28.8 Å². The fraction of sp³-hybridized carbons (Fsp3) is 0.938. The minimum atomic E-state index is -4.30. The first-order chi connectivity index (χ1) is 10.1. The molecule has 0 aromatic heterocycles. The second-order valence-electron chi connectivity index (χ2n) is 7.95. The van der Waals surface area contributed by atoms with Gasteiger partial charge in [0.05, 0.1) is 12.0 Å². The Morgan fingerprint density at radius 2 is 1.86 bits per heavy atom. The van der Waals surface area contributed by atoms with Gasteiger partial charge in [-0.05, 0) is 62.7 Å². The van der Waals surface area contributed by atoms with E-state index in [1.165, 1.54) is 0 Å². The number of nitrogens with one attached hydrogen (secondary N) is 1. The Morgan fingerprint density at radius 1 is 1.27 bits per heavy atom. The molecule has 4 saturated carbocycles. The third-order valence-corrected chi connectivity index (χ3v) is 6.01. The van der Waals surface area contributed by atoms with Gasteiger partial charge < -0.3 is 10.4 Å². The summed E-state index contributed by atoms with van der Waals surface area (Å²) in [5, 5.41) is 13.5. The van der Waals surface area contributed by atoms with Crippen LogP contribution < -0.4 is 5.32 Å². The molecule has 4 aliphatic rings. The van der Waals surface area contributed by atoms with Gasteiger partial charge in [-0.15, -0.1) is 0 Å².